The number of nitrogens with one attached hydrogen (secondary N) is 1. The van der Waals surface area contributed by atoms with Crippen LogP contribution in [-0.2, 0) is 9.47 Å². The SMILES string of the molecule is C/C=C/C(OC1CCOCC1)=C(C#N)\C=C(/N)c1cc(Nc2ccc(N3CCN(C)CC3)c(OC)n2)ncn1. The summed E-state index contributed by atoms with van der Waals surface area (Å²) in [5.74, 6) is 2.10. The molecule has 4 heterocycles. The maximum atomic E-state index is 9.86. The van der Waals surface area contributed by atoms with Gasteiger partial charge in [0.05, 0.1) is 37.3 Å². The van der Waals surface area contributed by atoms with Crippen LogP contribution >= 0.6 is 0 Å². The lowest BCUT2D eigenvalue weighted by Crippen LogP contribution is -2.44. The Hall–Kier alpha value is -4.14. The van der Waals surface area contributed by atoms with Gasteiger partial charge in [0.25, 0.3) is 0 Å². The van der Waals surface area contributed by atoms with Crippen LogP contribution in [0.2, 0.25) is 0 Å². The third kappa shape index (κ3) is 7.46. The number of hydrogen-bond donors (Lipinski definition) is 2. The minimum Gasteiger partial charge on any atom is -0.489 e. The summed E-state index contributed by atoms with van der Waals surface area (Å²) >= 11 is 0. The number of likely N-dealkylation sites (N-methyl/N-ethyl adjacent to an activating group) is 1. The van der Waals surface area contributed by atoms with E-state index in [1.807, 2.05) is 25.1 Å². The highest BCUT2D eigenvalue weighted by molar-refractivity contribution is 5.68. The lowest BCUT2D eigenvalue weighted by molar-refractivity contribution is -0.00102. The van der Waals surface area contributed by atoms with Crippen LogP contribution in [0, 0.1) is 11.3 Å². The van der Waals surface area contributed by atoms with Gasteiger partial charge >= 0.3 is 0 Å². The molecule has 2 aliphatic rings. The van der Waals surface area contributed by atoms with Crippen LogP contribution in [0.25, 0.3) is 5.70 Å². The summed E-state index contributed by atoms with van der Waals surface area (Å²) in [5.41, 5.74) is 8.42. The van der Waals surface area contributed by atoms with Crippen LogP contribution in [0.5, 0.6) is 5.88 Å². The fraction of sp³-hybridized carbons (Fsp3) is 0.429. The van der Waals surface area contributed by atoms with Crippen LogP contribution in [0.1, 0.15) is 25.5 Å². The van der Waals surface area contributed by atoms with Crippen molar-refractivity contribution in [3.63, 3.8) is 0 Å². The van der Waals surface area contributed by atoms with Crippen molar-refractivity contribution < 1.29 is 14.2 Å². The van der Waals surface area contributed by atoms with Gasteiger partial charge in [0.15, 0.2) is 0 Å². The van der Waals surface area contributed by atoms with Gasteiger partial charge in [-0.3, -0.25) is 0 Å². The van der Waals surface area contributed by atoms with Crippen LogP contribution in [0.3, 0.4) is 0 Å². The first kappa shape index (κ1) is 27.9. The molecule has 2 aliphatic heterocycles. The predicted octanol–water partition coefficient (Wildman–Crippen LogP) is 3.22. The number of rotatable bonds is 9. The zero-order valence-corrected chi connectivity index (χ0v) is 22.8. The molecular formula is C28H36N8O3. The molecule has 0 aromatic carbocycles. The summed E-state index contributed by atoms with van der Waals surface area (Å²) < 4.78 is 17.1. The van der Waals surface area contributed by atoms with Gasteiger partial charge in [-0.05, 0) is 38.3 Å². The highest BCUT2D eigenvalue weighted by Crippen LogP contribution is 2.29. The highest BCUT2D eigenvalue weighted by Gasteiger charge is 2.20. The first-order chi connectivity index (χ1) is 19.0. The van der Waals surface area contributed by atoms with Crippen molar-refractivity contribution in [1.82, 2.24) is 19.9 Å². The number of anilines is 3. The fourth-order valence-electron chi connectivity index (χ4n) is 4.36. The summed E-state index contributed by atoms with van der Waals surface area (Å²) in [6.45, 7) is 6.96. The highest BCUT2D eigenvalue weighted by atomic mass is 16.5. The number of piperazine rings is 1. The van der Waals surface area contributed by atoms with Crippen LogP contribution in [0.4, 0.5) is 17.3 Å². The maximum absolute atomic E-state index is 9.86. The Bertz CT molecular complexity index is 1260. The molecule has 11 heteroatoms. The lowest BCUT2D eigenvalue weighted by Gasteiger charge is -2.34. The van der Waals surface area contributed by atoms with Gasteiger partial charge in [0.1, 0.15) is 41.6 Å². The average molecular weight is 533 g/mol. The summed E-state index contributed by atoms with van der Waals surface area (Å²) in [6, 6.07) is 7.81. The van der Waals surface area contributed by atoms with E-state index < -0.39 is 0 Å². The summed E-state index contributed by atoms with van der Waals surface area (Å²) in [7, 11) is 3.74. The minimum absolute atomic E-state index is 0.00934. The van der Waals surface area contributed by atoms with Gasteiger partial charge in [-0.2, -0.15) is 10.2 Å². The predicted molar refractivity (Wildman–Crippen MR) is 150 cm³/mol. The molecule has 4 rings (SSSR count). The number of ether oxygens (including phenoxy) is 3. The molecule has 11 nitrogen and oxygen atoms in total. The molecule has 39 heavy (non-hydrogen) atoms. The molecule has 2 saturated heterocycles. The van der Waals surface area contributed by atoms with E-state index in [4.69, 9.17) is 19.9 Å². The Balaban J connectivity index is 1.52. The van der Waals surface area contributed by atoms with Gasteiger partial charge in [-0.1, -0.05) is 6.08 Å². The van der Waals surface area contributed by atoms with Gasteiger partial charge < -0.3 is 35.1 Å². The molecule has 2 aromatic rings. The van der Waals surface area contributed by atoms with E-state index in [2.05, 4.69) is 43.2 Å². The minimum atomic E-state index is -0.00934. The van der Waals surface area contributed by atoms with Crippen molar-refractivity contribution in [3.8, 4) is 11.9 Å². The van der Waals surface area contributed by atoms with Crippen molar-refractivity contribution in [2.45, 2.75) is 25.9 Å². The second kappa shape index (κ2) is 13.6. The van der Waals surface area contributed by atoms with E-state index in [0.717, 1.165) is 44.7 Å². The van der Waals surface area contributed by atoms with Crippen LogP contribution in [0.15, 0.2) is 54.1 Å². The zero-order valence-electron chi connectivity index (χ0n) is 22.8. The zero-order chi connectivity index (χ0) is 27.6. The monoisotopic (exact) mass is 532 g/mol. The number of methoxy groups -OCH3 is 1. The number of nitrogens with two attached hydrogens (primary N) is 1. The van der Waals surface area contributed by atoms with E-state index >= 15 is 0 Å². The van der Waals surface area contributed by atoms with Gasteiger partial charge in [-0.15, -0.1) is 0 Å². The second-order valence-corrected chi connectivity index (χ2v) is 9.35. The van der Waals surface area contributed by atoms with Crippen molar-refractivity contribution in [3.05, 3.63) is 59.8 Å². The summed E-state index contributed by atoms with van der Waals surface area (Å²) in [6.07, 6.45) is 8.13. The Morgan fingerprint density at radius 1 is 1.18 bits per heavy atom. The van der Waals surface area contributed by atoms with Crippen molar-refractivity contribution in [1.29, 1.82) is 5.26 Å². The van der Waals surface area contributed by atoms with Crippen molar-refractivity contribution >= 4 is 23.0 Å². The van der Waals surface area contributed by atoms with Crippen molar-refractivity contribution in [2.75, 3.05) is 63.8 Å². The molecule has 2 fully saturated rings. The van der Waals surface area contributed by atoms with E-state index in [0.29, 0.717) is 53.5 Å². The molecule has 0 spiro atoms. The number of hydrogen-bond acceptors (Lipinski definition) is 11. The first-order valence-corrected chi connectivity index (χ1v) is 13.1. The summed E-state index contributed by atoms with van der Waals surface area (Å²) in [4.78, 5) is 17.8. The van der Waals surface area contributed by atoms with Gasteiger partial charge in [0, 0.05) is 45.1 Å². The smallest absolute Gasteiger partial charge is 0.239 e. The Kier molecular flexibility index (Phi) is 9.72. The van der Waals surface area contributed by atoms with Gasteiger partial charge in [0.2, 0.25) is 5.88 Å². The normalized spacial score (nSPS) is 18.0. The molecule has 0 atom stereocenters. The van der Waals surface area contributed by atoms with Crippen molar-refractivity contribution in [2.24, 2.45) is 5.73 Å². The summed E-state index contributed by atoms with van der Waals surface area (Å²) in [5, 5.41) is 13.1. The van der Waals surface area contributed by atoms with E-state index in [1.165, 1.54) is 6.33 Å². The second-order valence-electron chi connectivity index (χ2n) is 9.35. The first-order valence-electron chi connectivity index (χ1n) is 13.1. The Morgan fingerprint density at radius 2 is 1.95 bits per heavy atom. The third-order valence-electron chi connectivity index (χ3n) is 6.56. The average Bonchev–Trinajstić information content (AvgIpc) is 2.97. The number of nitriles is 1. The lowest BCUT2D eigenvalue weighted by atomic mass is 10.1. The molecule has 0 bridgehead atoms. The van der Waals surface area contributed by atoms with Crippen LogP contribution in [-0.4, -0.2) is 79.5 Å². The molecule has 0 saturated carbocycles. The maximum Gasteiger partial charge on any atom is 0.239 e. The van der Waals surface area contributed by atoms with E-state index in [9.17, 15) is 5.26 Å². The third-order valence-corrected chi connectivity index (χ3v) is 6.56. The largest absolute Gasteiger partial charge is 0.489 e. The Labute approximate surface area is 229 Å². The molecule has 2 aromatic heterocycles. The topological polar surface area (TPSA) is 135 Å². The quantitative estimate of drug-likeness (QED) is 0.280. The molecular weight excluding hydrogens is 496 g/mol. The van der Waals surface area contributed by atoms with Crippen LogP contribution < -0.4 is 20.7 Å². The molecule has 3 N–H and O–H groups in total. The van der Waals surface area contributed by atoms with E-state index in [-0.39, 0.29) is 6.10 Å². The molecule has 0 aliphatic carbocycles. The number of aromatic nitrogens is 3. The number of allylic oxidation sites excluding steroid dienone is 4. The number of pyridine rings is 1. The molecule has 206 valence electrons. The Morgan fingerprint density at radius 3 is 2.64 bits per heavy atom. The fourth-order valence-corrected chi connectivity index (χ4v) is 4.36. The number of nitrogens with zero attached hydrogens (tertiary/aromatic N) is 6. The molecule has 0 amide bonds. The van der Waals surface area contributed by atoms with Gasteiger partial charge in [-0.25, -0.2) is 9.97 Å². The molecule has 0 radical (unpaired) electrons. The standard InChI is InChI=1S/C28H36N8O3/c1-4-5-25(39-21-8-14-38-15-9-21)20(18-29)16-22(30)23-17-27(32-19-31-23)33-26-7-6-24(28(34-26)37-3)36-12-10-35(2)11-13-36/h4-7,16-17,19,21H,8-15,30H2,1-3H3,(H,31,32,33,34)/b5-4+,22-16-,25-20-. The molecule has 0 unspecified atom stereocenters. The van der Waals surface area contributed by atoms with E-state index in [1.54, 1.807) is 25.3 Å².